The van der Waals surface area contributed by atoms with Gasteiger partial charge in [0.05, 0.1) is 31.2 Å². The number of nitrogens with zero attached hydrogens (tertiary/aromatic N) is 1. The summed E-state index contributed by atoms with van der Waals surface area (Å²) in [6.45, 7) is 2.35. The van der Waals surface area contributed by atoms with E-state index in [1.54, 1.807) is 19.2 Å². The zero-order valence-corrected chi connectivity index (χ0v) is 17.3. The van der Waals surface area contributed by atoms with E-state index in [0.29, 0.717) is 35.5 Å². The van der Waals surface area contributed by atoms with Crippen LogP contribution in [0.5, 0.6) is 11.5 Å². The number of hydrogen-bond acceptors (Lipinski definition) is 7. The lowest BCUT2D eigenvalue weighted by Gasteiger charge is -2.21. The number of aromatic nitrogens is 1. The van der Waals surface area contributed by atoms with Gasteiger partial charge in [-0.1, -0.05) is 6.07 Å². The predicted molar refractivity (Wildman–Crippen MR) is 111 cm³/mol. The minimum absolute atomic E-state index is 0.101. The summed E-state index contributed by atoms with van der Waals surface area (Å²) in [5.41, 5.74) is 8.58. The molecule has 0 amide bonds. The van der Waals surface area contributed by atoms with E-state index in [2.05, 4.69) is 10.3 Å². The Kier molecular flexibility index (Phi) is 5.98. The van der Waals surface area contributed by atoms with Crippen molar-refractivity contribution in [2.24, 2.45) is 0 Å². The van der Waals surface area contributed by atoms with Gasteiger partial charge in [0.1, 0.15) is 15.7 Å². The summed E-state index contributed by atoms with van der Waals surface area (Å²) in [4.78, 5) is 4.44. The third kappa shape index (κ3) is 5.07. The van der Waals surface area contributed by atoms with Crippen LogP contribution in [0.3, 0.4) is 0 Å². The van der Waals surface area contributed by atoms with Gasteiger partial charge in [-0.05, 0) is 55.0 Å². The normalized spacial score (nSPS) is 15.1. The number of hydrogen-bond donors (Lipinski definition) is 2. The number of ether oxygens (including phenoxy) is 2. The molecule has 8 heteroatoms. The SMILES string of the molecule is CCOc1cc([C@@H](CS(C)(=O)=O)Nc2ncc(C3CC3)cc2N)ccc1OC. The molecule has 152 valence electrons. The standard InChI is InChI=1S/C20H27N3O4S/c1-4-27-19-10-14(7-8-18(19)26-2)17(12-28(3,24)25)23-20-16(21)9-15(11-22-20)13-5-6-13/h7-11,13,17H,4-6,12,21H2,1-3H3,(H,22,23)/t17-/m1/s1. The molecule has 0 bridgehead atoms. The first kappa shape index (κ1) is 20.3. The Labute approximate surface area is 166 Å². The first-order chi connectivity index (χ1) is 13.3. The second kappa shape index (κ2) is 8.26. The van der Waals surface area contributed by atoms with E-state index < -0.39 is 15.9 Å². The summed E-state index contributed by atoms with van der Waals surface area (Å²) in [6, 6.07) is 6.77. The molecule has 1 atom stereocenters. The zero-order chi connectivity index (χ0) is 20.3. The fraction of sp³-hybridized carbons (Fsp3) is 0.450. The average molecular weight is 406 g/mol. The molecule has 1 fully saturated rings. The van der Waals surface area contributed by atoms with Crippen molar-refractivity contribution in [2.45, 2.75) is 31.7 Å². The van der Waals surface area contributed by atoms with Crippen molar-refractivity contribution < 1.29 is 17.9 Å². The van der Waals surface area contributed by atoms with Gasteiger partial charge in [0.2, 0.25) is 0 Å². The Bertz CT molecular complexity index is 942. The van der Waals surface area contributed by atoms with Gasteiger partial charge in [0, 0.05) is 12.5 Å². The summed E-state index contributed by atoms with van der Waals surface area (Å²) in [7, 11) is -1.69. The molecule has 3 N–H and O–H groups in total. The molecule has 0 saturated heterocycles. The summed E-state index contributed by atoms with van der Waals surface area (Å²) in [6.07, 6.45) is 5.35. The number of rotatable bonds is 9. The molecule has 0 radical (unpaired) electrons. The van der Waals surface area contributed by atoms with Gasteiger partial charge in [0.15, 0.2) is 11.5 Å². The van der Waals surface area contributed by atoms with Gasteiger partial charge in [0.25, 0.3) is 0 Å². The number of benzene rings is 1. The van der Waals surface area contributed by atoms with Gasteiger partial charge in [-0.3, -0.25) is 0 Å². The molecule has 7 nitrogen and oxygen atoms in total. The maximum atomic E-state index is 12.0. The highest BCUT2D eigenvalue weighted by atomic mass is 32.2. The van der Waals surface area contributed by atoms with E-state index in [1.165, 1.54) is 6.26 Å². The van der Waals surface area contributed by atoms with Crippen LogP contribution in [0, 0.1) is 0 Å². The Morgan fingerprint density at radius 1 is 1.29 bits per heavy atom. The Hall–Kier alpha value is -2.48. The van der Waals surface area contributed by atoms with E-state index in [1.807, 2.05) is 25.3 Å². The first-order valence-corrected chi connectivity index (χ1v) is 11.4. The van der Waals surface area contributed by atoms with Crippen LogP contribution in [0.4, 0.5) is 11.5 Å². The highest BCUT2D eigenvalue weighted by Crippen LogP contribution is 2.41. The zero-order valence-electron chi connectivity index (χ0n) is 16.4. The smallest absolute Gasteiger partial charge is 0.161 e. The van der Waals surface area contributed by atoms with Crippen LogP contribution >= 0.6 is 0 Å². The van der Waals surface area contributed by atoms with Crippen molar-refractivity contribution in [2.75, 3.05) is 36.8 Å². The van der Waals surface area contributed by atoms with Crippen LogP contribution < -0.4 is 20.5 Å². The van der Waals surface area contributed by atoms with Crippen LogP contribution in [-0.4, -0.2) is 39.1 Å². The fourth-order valence-corrected chi connectivity index (χ4v) is 4.01. The lowest BCUT2D eigenvalue weighted by molar-refractivity contribution is 0.310. The second-order valence-electron chi connectivity index (χ2n) is 7.11. The summed E-state index contributed by atoms with van der Waals surface area (Å²) >= 11 is 0. The van der Waals surface area contributed by atoms with E-state index >= 15 is 0 Å². The van der Waals surface area contributed by atoms with Crippen LogP contribution in [0.25, 0.3) is 0 Å². The van der Waals surface area contributed by atoms with Crippen molar-refractivity contribution in [3.8, 4) is 11.5 Å². The van der Waals surface area contributed by atoms with Gasteiger partial charge in [-0.2, -0.15) is 0 Å². The first-order valence-electron chi connectivity index (χ1n) is 9.31. The molecule has 1 saturated carbocycles. The van der Waals surface area contributed by atoms with Crippen molar-refractivity contribution in [3.05, 3.63) is 41.6 Å². The largest absolute Gasteiger partial charge is 0.493 e. The van der Waals surface area contributed by atoms with Crippen LogP contribution in [0.15, 0.2) is 30.5 Å². The molecule has 0 aliphatic heterocycles. The third-order valence-electron chi connectivity index (χ3n) is 4.66. The Morgan fingerprint density at radius 2 is 2.04 bits per heavy atom. The Morgan fingerprint density at radius 3 is 2.61 bits per heavy atom. The molecular formula is C20H27N3O4S. The molecule has 1 aromatic carbocycles. The quantitative estimate of drug-likeness (QED) is 0.660. The molecule has 1 aliphatic carbocycles. The number of sulfone groups is 1. The minimum Gasteiger partial charge on any atom is -0.493 e. The monoisotopic (exact) mass is 405 g/mol. The van der Waals surface area contributed by atoms with E-state index in [-0.39, 0.29) is 5.75 Å². The van der Waals surface area contributed by atoms with Crippen molar-refractivity contribution in [1.29, 1.82) is 0 Å². The number of pyridine rings is 1. The topological polar surface area (TPSA) is 104 Å². The number of methoxy groups -OCH3 is 1. The highest BCUT2D eigenvalue weighted by molar-refractivity contribution is 7.90. The van der Waals surface area contributed by atoms with Crippen molar-refractivity contribution >= 4 is 21.3 Å². The van der Waals surface area contributed by atoms with E-state index in [4.69, 9.17) is 15.2 Å². The third-order valence-corrected chi connectivity index (χ3v) is 5.60. The molecular weight excluding hydrogens is 378 g/mol. The van der Waals surface area contributed by atoms with Gasteiger partial charge < -0.3 is 20.5 Å². The number of nitrogens with one attached hydrogen (secondary N) is 1. The van der Waals surface area contributed by atoms with E-state index in [0.717, 1.165) is 24.0 Å². The maximum Gasteiger partial charge on any atom is 0.161 e. The van der Waals surface area contributed by atoms with Crippen LogP contribution in [0.2, 0.25) is 0 Å². The highest BCUT2D eigenvalue weighted by Gasteiger charge is 2.25. The van der Waals surface area contributed by atoms with Crippen molar-refractivity contribution in [3.63, 3.8) is 0 Å². The molecule has 1 aromatic heterocycles. The number of nitrogen functional groups attached to an aromatic ring is 1. The van der Waals surface area contributed by atoms with Gasteiger partial charge in [-0.25, -0.2) is 13.4 Å². The molecule has 1 aliphatic rings. The molecule has 3 rings (SSSR count). The molecule has 28 heavy (non-hydrogen) atoms. The van der Waals surface area contributed by atoms with Gasteiger partial charge in [-0.15, -0.1) is 0 Å². The second-order valence-corrected chi connectivity index (χ2v) is 9.30. The van der Waals surface area contributed by atoms with Crippen molar-refractivity contribution in [1.82, 2.24) is 4.98 Å². The molecule has 1 heterocycles. The molecule has 0 unspecified atom stereocenters. The van der Waals surface area contributed by atoms with Gasteiger partial charge >= 0.3 is 0 Å². The fourth-order valence-electron chi connectivity index (χ4n) is 3.13. The number of nitrogens with two attached hydrogens (primary N) is 1. The molecule has 2 aromatic rings. The van der Waals surface area contributed by atoms with E-state index in [9.17, 15) is 8.42 Å². The van der Waals surface area contributed by atoms with Crippen LogP contribution in [0.1, 0.15) is 42.9 Å². The van der Waals surface area contributed by atoms with Crippen LogP contribution in [-0.2, 0) is 9.84 Å². The summed E-state index contributed by atoms with van der Waals surface area (Å²) in [5, 5.41) is 3.20. The average Bonchev–Trinajstić information content (AvgIpc) is 3.47. The number of anilines is 2. The summed E-state index contributed by atoms with van der Waals surface area (Å²) < 4.78 is 35.0. The minimum atomic E-state index is -3.26. The Balaban J connectivity index is 1.92. The summed E-state index contributed by atoms with van der Waals surface area (Å²) in [5.74, 6) is 2.08. The maximum absolute atomic E-state index is 12.0. The lowest BCUT2D eigenvalue weighted by atomic mass is 10.1. The predicted octanol–water partition coefficient (Wildman–Crippen LogP) is 3.15. The lowest BCUT2D eigenvalue weighted by Crippen LogP contribution is -2.22. The molecule has 0 spiro atoms.